The molecule has 0 saturated carbocycles. The highest BCUT2D eigenvalue weighted by atomic mass is 16.3. The van der Waals surface area contributed by atoms with E-state index < -0.39 is 0 Å². The Balaban J connectivity index is 2.43. The third kappa shape index (κ3) is 7.66. The van der Waals surface area contributed by atoms with Crippen LogP contribution in [0.4, 0.5) is 0 Å². The molecule has 0 fully saturated rings. The van der Waals surface area contributed by atoms with E-state index in [4.69, 9.17) is 5.11 Å². The molecule has 0 saturated heterocycles. The van der Waals surface area contributed by atoms with E-state index in [-0.39, 0.29) is 18.6 Å². The van der Waals surface area contributed by atoms with Crippen molar-refractivity contribution in [2.75, 3.05) is 6.61 Å². The summed E-state index contributed by atoms with van der Waals surface area (Å²) in [4.78, 5) is 10.9. The first-order chi connectivity index (χ1) is 10.2. The fraction of sp³-hybridized carbons (Fsp3) is 0.500. The normalized spacial score (nSPS) is 12.5. The van der Waals surface area contributed by atoms with E-state index in [1.807, 2.05) is 12.2 Å². The molecule has 1 unspecified atom stereocenters. The molecule has 0 bridgehead atoms. The summed E-state index contributed by atoms with van der Waals surface area (Å²) in [6, 6.07) is 8.38. The van der Waals surface area contributed by atoms with Crippen molar-refractivity contribution in [3.8, 4) is 0 Å². The molecule has 0 aliphatic heterocycles. The molecule has 0 spiro atoms. The Kier molecular flexibility index (Phi) is 8.44. The first-order valence-corrected chi connectivity index (χ1v) is 7.79. The Morgan fingerprint density at radius 3 is 2.57 bits per heavy atom. The second-order valence-electron chi connectivity index (χ2n) is 5.42. The van der Waals surface area contributed by atoms with Gasteiger partial charge in [-0.15, -0.1) is 0 Å². The summed E-state index contributed by atoms with van der Waals surface area (Å²) in [5, 5.41) is 11.9. The van der Waals surface area contributed by atoms with E-state index in [1.165, 1.54) is 31.7 Å². The van der Waals surface area contributed by atoms with Crippen LogP contribution in [0.1, 0.15) is 50.7 Å². The summed E-state index contributed by atoms with van der Waals surface area (Å²) in [5.74, 6) is -0.112. The van der Waals surface area contributed by atoms with Gasteiger partial charge in [-0.1, -0.05) is 56.2 Å². The minimum atomic E-state index is -0.202. The number of aliphatic hydroxyl groups excluding tert-OH is 1. The van der Waals surface area contributed by atoms with Gasteiger partial charge in [0.25, 0.3) is 0 Å². The molecule has 0 aliphatic rings. The lowest BCUT2D eigenvalue weighted by molar-refractivity contribution is -0.119. The highest BCUT2D eigenvalue weighted by Gasteiger charge is 2.05. The largest absolute Gasteiger partial charge is 0.394 e. The Morgan fingerprint density at radius 2 is 2.00 bits per heavy atom. The monoisotopic (exact) mass is 289 g/mol. The molecule has 3 nitrogen and oxygen atoms in total. The van der Waals surface area contributed by atoms with Gasteiger partial charge in [0.1, 0.15) is 0 Å². The predicted octanol–water partition coefficient (Wildman–Crippen LogP) is 3.32. The van der Waals surface area contributed by atoms with Gasteiger partial charge in [-0.05, 0) is 30.4 Å². The Morgan fingerprint density at radius 1 is 1.29 bits per heavy atom. The van der Waals surface area contributed by atoms with E-state index in [9.17, 15) is 4.79 Å². The summed E-state index contributed by atoms with van der Waals surface area (Å²) in [7, 11) is 0. The maximum atomic E-state index is 10.9. The maximum absolute atomic E-state index is 10.9. The Labute approximate surface area is 128 Å². The number of carbonyl (C=O) groups is 1. The number of amides is 1. The fourth-order valence-corrected chi connectivity index (χ4v) is 2.21. The topological polar surface area (TPSA) is 49.3 Å². The first-order valence-electron chi connectivity index (χ1n) is 7.79. The summed E-state index contributed by atoms with van der Waals surface area (Å²) >= 11 is 0. The van der Waals surface area contributed by atoms with Crippen LogP contribution >= 0.6 is 0 Å². The van der Waals surface area contributed by atoms with E-state index in [0.717, 1.165) is 12.0 Å². The van der Waals surface area contributed by atoms with Crippen LogP contribution < -0.4 is 5.32 Å². The van der Waals surface area contributed by atoms with Crippen molar-refractivity contribution in [3.63, 3.8) is 0 Å². The fourth-order valence-electron chi connectivity index (χ4n) is 2.21. The predicted molar refractivity (Wildman–Crippen MR) is 88.0 cm³/mol. The lowest BCUT2D eigenvalue weighted by Gasteiger charge is -2.12. The average molecular weight is 289 g/mol. The second kappa shape index (κ2) is 10.2. The lowest BCUT2D eigenvalue weighted by Crippen LogP contribution is -2.35. The number of unbranched alkanes of at least 4 members (excludes halogenated alkanes) is 2. The number of rotatable bonds is 9. The van der Waals surface area contributed by atoms with Crippen molar-refractivity contribution >= 4 is 12.0 Å². The number of hydrogen-bond acceptors (Lipinski definition) is 2. The van der Waals surface area contributed by atoms with Crippen LogP contribution in [0, 0.1) is 0 Å². The zero-order chi connectivity index (χ0) is 15.5. The van der Waals surface area contributed by atoms with Gasteiger partial charge in [-0.3, -0.25) is 4.79 Å². The number of hydrogen-bond donors (Lipinski definition) is 2. The van der Waals surface area contributed by atoms with Crippen molar-refractivity contribution in [3.05, 3.63) is 41.5 Å². The minimum absolute atomic E-state index is 0.0414. The molecular formula is C18H27NO2. The molecule has 0 aliphatic carbocycles. The van der Waals surface area contributed by atoms with E-state index in [0.29, 0.717) is 6.42 Å². The van der Waals surface area contributed by atoms with Crippen LogP contribution in [0.25, 0.3) is 6.08 Å². The van der Waals surface area contributed by atoms with E-state index >= 15 is 0 Å². The first kappa shape index (κ1) is 17.4. The van der Waals surface area contributed by atoms with Crippen molar-refractivity contribution in [1.82, 2.24) is 5.32 Å². The standard InChI is InChI=1S/C18H27NO2/c1-3-4-5-7-16-10-12-17(13-11-16)8-6-9-18(14-20)19-15(2)21/h6,8,10-13,18,20H,3-5,7,9,14H2,1-2H3,(H,19,21)/b8-6+. The van der Waals surface area contributed by atoms with E-state index in [2.05, 4.69) is 36.5 Å². The number of aliphatic hydroxyl groups is 1. The van der Waals surface area contributed by atoms with Gasteiger partial charge in [-0.25, -0.2) is 0 Å². The third-order valence-corrected chi connectivity index (χ3v) is 3.41. The van der Waals surface area contributed by atoms with Gasteiger partial charge >= 0.3 is 0 Å². The number of benzene rings is 1. The Bertz CT molecular complexity index is 437. The molecule has 1 aromatic carbocycles. The van der Waals surface area contributed by atoms with Crippen molar-refractivity contribution in [2.45, 2.75) is 52.0 Å². The van der Waals surface area contributed by atoms with Crippen LogP contribution in [0.5, 0.6) is 0 Å². The lowest BCUT2D eigenvalue weighted by atomic mass is 10.0. The molecular weight excluding hydrogens is 262 g/mol. The second-order valence-corrected chi connectivity index (χ2v) is 5.42. The number of aryl methyl sites for hydroxylation is 1. The molecule has 1 atom stereocenters. The van der Waals surface area contributed by atoms with E-state index in [1.54, 1.807) is 0 Å². The van der Waals surface area contributed by atoms with Gasteiger partial charge in [0, 0.05) is 6.92 Å². The molecule has 2 N–H and O–H groups in total. The van der Waals surface area contributed by atoms with Crippen LogP contribution in [0.2, 0.25) is 0 Å². The van der Waals surface area contributed by atoms with Gasteiger partial charge in [0.15, 0.2) is 0 Å². The number of carbonyl (C=O) groups excluding carboxylic acids is 1. The van der Waals surface area contributed by atoms with Gasteiger partial charge in [0.05, 0.1) is 12.6 Å². The van der Waals surface area contributed by atoms with Crippen molar-refractivity contribution < 1.29 is 9.90 Å². The molecule has 116 valence electrons. The maximum Gasteiger partial charge on any atom is 0.217 e. The minimum Gasteiger partial charge on any atom is -0.394 e. The van der Waals surface area contributed by atoms with Gasteiger partial charge < -0.3 is 10.4 Å². The average Bonchev–Trinajstić information content (AvgIpc) is 2.47. The summed E-state index contributed by atoms with van der Waals surface area (Å²) in [6.07, 6.45) is 9.58. The third-order valence-electron chi connectivity index (χ3n) is 3.41. The highest BCUT2D eigenvalue weighted by molar-refractivity contribution is 5.73. The van der Waals surface area contributed by atoms with Crippen LogP contribution in [0.3, 0.4) is 0 Å². The van der Waals surface area contributed by atoms with Crippen LogP contribution in [-0.2, 0) is 11.2 Å². The highest BCUT2D eigenvalue weighted by Crippen LogP contribution is 2.10. The smallest absolute Gasteiger partial charge is 0.217 e. The van der Waals surface area contributed by atoms with Crippen LogP contribution in [0.15, 0.2) is 30.3 Å². The van der Waals surface area contributed by atoms with Crippen molar-refractivity contribution in [2.24, 2.45) is 0 Å². The molecule has 0 radical (unpaired) electrons. The Hall–Kier alpha value is -1.61. The molecule has 0 heterocycles. The van der Waals surface area contributed by atoms with Crippen LogP contribution in [-0.4, -0.2) is 23.7 Å². The summed E-state index contributed by atoms with van der Waals surface area (Å²) in [5.41, 5.74) is 2.53. The molecule has 1 amide bonds. The SMILES string of the molecule is CCCCCc1ccc(/C=C/CC(CO)NC(C)=O)cc1. The molecule has 1 rings (SSSR count). The van der Waals surface area contributed by atoms with Crippen molar-refractivity contribution in [1.29, 1.82) is 0 Å². The number of nitrogens with one attached hydrogen (secondary N) is 1. The summed E-state index contributed by atoms with van der Waals surface area (Å²) in [6.45, 7) is 3.64. The molecule has 0 aromatic heterocycles. The van der Waals surface area contributed by atoms with Gasteiger partial charge in [-0.2, -0.15) is 0 Å². The molecule has 1 aromatic rings. The zero-order valence-electron chi connectivity index (χ0n) is 13.1. The molecule has 3 heteroatoms. The quantitative estimate of drug-likeness (QED) is 0.685. The van der Waals surface area contributed by atoms with Gasteiger partial charge in [0.2, 0.25) is 5.91 Å². The summed E-state index contributed by atoms with van der Waals surface area (Å²) < 4.78 is 0. The zero-order valence-corrected chi connectivity index (χ0v) is 13.1. The molecule has 21 heavy (non-hydrogen) atoms.